The van der Waals surface area contributed by atoms with Crippen molar-refractivity contribution in [3.8, 4) is 0 Å². The first-order chi connectivity index (χ1) is 11.0. The Bertz CT molecular complexity index is 556. The molecular formula is C18H24ClNO3. The van der Waals surface area contributed by atoms with Gasteiger partial charge in [0.2, 0.25) is 5.91 Å². The maximum atomic E-state index is 12.3. The molecule has 0 heterocycles. The highest BCUT2D eigenvalue weighted by Gasteiger charge is 2.59. The molecule has 3 unspecified atom stereocenters. The Morgan fingerprint density at radius 3 is 2.70 bits per heavy atom. The van der Waals surface area contributed by atoms with Crippen LogP contribution in [0.2, 0.25) is 5.02 Å². The Hall–Kier alpha value is -1.10. The van der Waals surface area contributed by atoms with Gasteiger partial charge in [-0.1, -0.05) is 30.2 Å². The molecule has 1 amide bonds. The van der Waals surface area contributed by atoms with E-state index >= 15 is 0 Å². The van der Waals surface area contributed by atoms with Gasteiger partial charge in [0.1, 0.15) is 0 Å². The van der Waals surface area contributed by atoms with Crippen molar-refractivity contribution in [3.05, 3.63) is 34.9 Å². The van der Waals surface area contributed by atoms with Crippen LogP contribution >= 0.6 is 11.6 Å². The molecule has 1 spiro atoms. The Balaban J connectivity index is 1.53. The molecular weight excluding hydrogens is 314 g/mol. The molecule has 23 heavy (non-hydrogen) atoms. The highest BCUT2D eigenvalue weighted by Crippen LogP contribution is 2.57. The van der Waals surface area contributed by atoms with E-state index in [0.29, 0.717) is 10.6 Å². The second kappa shape index (κ2) is 6.80. The van der Waals surface area contributed by atoms with E-state index in [0.717, 1.165) is 25.9 Å². The summed E-state index contributed by atoms with van der Waals surface area (Å²) in [5.41, 5.74) is 0.861. The molecule has 1 aromatic carbocycles. The fourth-order valence-corrected chi connectivity index (χ4v) is 4.00. The highest BCUT2D eigenvalue weighted by atomic mass is 35.5. The summed E-state index contributed by atoms with van der Waals surface area (Å²) in [4.78, 5) is 12.3. The highest BCUT2D eigenvalue weighted by molar-refractivity contribution is 6.30. The summed E-state index contributed by atoms with van der Waals surface area (Å²) in [6.45, 7) is 2.74. The number of carbonyl (C=O) groups is 1. The van der Waals surface area contributed by atoms with Crippen molar-refractivity contribution in [1.82, 2.24) is 5.32 Å². The van der Waals surface area contributed by atoms with Crippen LogP contribution in [0.25, 0.3) is 0 Å². The summed E-state index contributed by atoms with van der Waals surface area (Å²) in [7, 11) is 0. The van der Waals surface area contributed by atoms with Crippen LogP contribution in [-0.4, -0.2) is 29.8 Å². The molecule has 0 saturated heterocycles. The fraction of sp³-hybridized carbons (Fsp3) is 0.611. The molecule has 2 aliphatic carbocycles. The van der Waals surface area contributed by atoms with Crippen molar-refractivity contribution >= 4 is 17.5 Å². The van der Waals surface area contributed by atoms with Gasteiger partial charge in [-0.3, -0.25) is 4.79 Å². The lowest BCUT2D eigenvalue weighted by atomic mass is 9.51. The number of aliphatic hydroxyl groups is 1. The first-order valence-corrected chi connectivity index (χ1v) is 8.77. The smallest absolute Gasteiger partial charge is 0.223 e. The third kappa shape index (κ3) is 3.25. The van der Waals surface area contributed by atoms with Crippen LogP contribution in [0, 0.1) is 5.41 Å². The second-order valence-corrected chi connectivity index (χ2v) is 7.09. The van der Waals surface area contributed by atoms with E-state index in [-0.39, 0.29) is 29.9 Å². The topological polar surface area (TPSA) is 58.6 Å². The molecule has 0 radical (unpaired) electrons. The van der Waals surface area contributed by atoms with E-state index in [4.69, 9.17) is 16.3 Å². The minimum atomic E-state index is -0.799. The molecule has 126 valence electrons. The number of amides is 1. The zero-order chi connectivity index (χ0) is 16.4. The van der Waals surface area contributed by atoms with Gasteiger partial charge in [-0.2, -0.15) is 0 Å². The van der Waals surface area contributed by atoms with Crippen LogP contribution in [0.5, 0.6) is 0 Å². The molecule has 2 aliphatic rings. The number of hydrogen-bond donors (Lipinski definition) is 2. The zero-order valence-electron chi connectivity index (χ0n) is 13.4. The number of nitrogens with one attached hydrogen (secondary N) is 1. The van der Waals surface area contributed by atoms with E-state index in [1.807, 2.05) is 6.92 Å². The van der Waals surface area contributed by atoms with Crippen LogP contribution in [0.4, 0.5) is 0 Å². The first-order valence-electron chi connectivity index (χ1n) is 8.39. The first kappa shape index (κ1) is 16.7. The van der Waals surface area contributed by atoms with Crippen molar-refractivity contribution < 1.29 is 14.6 Å². The normalized spacial score (nSPS) is 26.2. The minimum Gasteiger partial charge on any atom is -0.388 e. The van der Waals surface area contributed by atoms with Crippen LogP contribution in [-0.2, 0) is 9.53 Å². The molecule has 2 saturated carbocycles. The lowest BCUT2D eigenvalue weighted by molar-refractivity contribution is -0.176. The molecule has 0 aromatic heterocycles. The number of benzene rings is 1. The standard InChI is InChI=1S/C18H24ClNO3/c1-2-23-16-11-15(18(16)8-3-9-18)20-17(22)10-14(21)12-4-6-13(19)7-5-12/h4-7,14-16,21H,2-3,8-11H2,1H3,(H,20,22). The van der Waals surface area contributed by atoms with Gasteiger partial charge in [0.15, 0.2) is 0 Å². The summed E-state index contributed by atoms with van der Waals surface area (Å²) < 4.78 is 5.80. The number of rotatable bonds is 6. The maximum absolute atomic E-state index is 12.3. The maximum Gasteiger partial charge on any atom is 0.223 e. The quantitative estimate of drug-likeness (QED) is 0.838. The average molecular weight is 338 g/mol. The minimum absolute atomic E-state index is 0.0769. The summed E-state index contributed by atoms with van der Waals surface area (Å²) in [5, 5.41) is 13.9. The second-order valence-electron chi connectivity index (χ2n) is 6.66. The van der Waals surface area contributed by atoms with E-state index < -0.39 is 6.10 Å². The molecule has 1 aromatic rings. The third-order valence-corrected chi connectivity index (χ3v) is 5.66. The van der Waals surface area contributed by atoms with Crippen LogP contribution in [0.15, 0.2) is 24.3 Å². The van der Waals surface area contributed by atoms with Crippen LogP contribution < -0.4 is 5.32 Å². The van der Waals surface area contributed by atoms with Crippen molar-refractivity contribution in [2.75, 3.05) is 6.61 Å². The lowest BCUT2D eigenvalue weighted by Gasteiger charge is -2.61. The van der Waals surface area contributed by atoms with Crippen molar-refractivity contribution in [1.29, 1.82) is 0 Å². The number of aliphatic hydroxyl groups excluding tert-OH is 1. The summed E-state index contributed by atoms with van der Waals surface area (Å²) in [6, 6.07) is 7.14. The van der Waals surface area contributed by atoms with Gasteiger partial charge in [-0.05, 0) is 43.9 Å². The van der Waals surface area contributed by atoms with Gasteiger partial charge in [-0.25, -0.2) is 0 Å². The Morgan fingerprint density at radius 1 is 1.43 bits per heavy atom. The van der Waals surface area contributed by atoms with Crippen molar-refractivity contribution in [2.45, 2.75) is 57.3 Å². The predicted octanol–water partition coefficient (Wildman–Crippen LogP) is 3.23. The molecule has 0 bridgehead atoms. The Kier molecular flexibility index (Phi) is 4.95. The molecule has 5 heteroatoms. The van der Waals surface area contributed by atoms with E-state index in [1.165, 1.54) is 6.42 Å². The predicted molar refractivity (Wildman–Crippen MR) is 89.3 cm³/mol. The number of halogens is 1. The molecule has 4 nitrogen and oxygen atoms in total. The summed E-state index contributed by atoms with van der Waals surface area (Å²) in [5.74, 6) is -0.0985. The Morgan fingerprint density at radius 2 is 2.13 bits per heavy atom. The lowest BCUT2D eigenvalue weighted by Crippen LogP contribution is -2.67. The van der Waals surface area contributed by atoms with Crippen LogP contribution in [0.3, 0.4) is 0 Å². The third-order valence-electron chi connectivity index (χ3n) is 5.41. The largest absolute Gasteiger partial charge is 0.388 e. The SMILES string of the molecule is CCOC1CC(NC(=O)CC(O)c2ccc(Cl)cc2)C12CCC2. The van der Waals surface area contributed by atoms with Gasteiger partial charge < -0.3 is 15.2 Å². The average Bonchev–Trinajstić information content (AvgIpc) is 2.44. The van der Waals surface area contributed by atoms with Gasteiger partial charge in [0, 0.05) is 23.1 Å². The van der Waals surface area contributed by atoms with Gasteiger partial charge in [0.25, 0.3) is 0 Å². The van der Waals surface area contributed by atoms with E-state index in [2.05, 4.69) is 5.32 Å². The summed E-state index contributed by atoms with van der Waals surface area (Å²) in [6.07, 6.45) is 3.91. The van der Waals surface area contributed by atoms with Gasteiger partial charge in [-0.15, -0.1) is 0 Å². The molecule has 3 rings (SSSR count). The van der Waals surface area contributed by atoms with Gasteiger partial charge >= 0.3 is 0 Å². The molecule has 2 fully saturated rings. The Labute approximate surface area is 142 Å². The van der Waals surface area contributed by atoms with Crippen molar-refractivity contribution in [2.24, 2.45) is 5.41 Å². The number of ether oxygens (including phenoxy) is 1. The van der Waals surface area contributed by atoms with E-state index in [9.17, 15) is 9.90 Å². The van der Waals surface area contributed by atoms with Crippen molar-refractivity contribution in [3.63, 3.8) is 0 Å². The number of hydrogen-bond acceptors (Lipinski definition) is 3. The fourth-order valence-electron chi connectivity index (χ4n) is 3.87. The molecule has 2 N–H and O–H groups in total. The molecule has 0 aliphatic heterocycles. The summed E-state index contributed by atoms with van der Waals surface area (Å²) >= 11 is 5.84. The van der Waals surface area contributed by atoms with E-state index in [1.54, 1.807) is 24.3 Å². The number of carbonyl (C=O) groups excluding carboxylic acids is 1. The van der Waals surface area contributed by atoms with Crippen LogP contribution in [0.1, 0.15) is 50.7 Å². The molecule has 3 atom stereocenters. The monoisotopic (exact) mass is 337 g/mol. The zero-order valence-corrected chi connectivity index (χ0v) is 14.2. The van der Waals surface area contributed by atoms with Gasteiger partial charge in [0.05, 0.1) is 18.6 Å².